The van der Waals surface area contributed by atoms with Gasteiger partial charge in [-0.25, -0.2) is 0 Å². The van der Waals surface area contributed by atoms with E-state index in [0.717, 1.165) is 5.33 Å². The second-order valence-electron chi connectivity index (χ2n) is 6.54. The molecule has 0 aromatic heterocycles. The summed E-state index contributed by atoms with van der Waals surface area (Å²) in [5.41, 5.74) is -0.750. The fourth-order valence-corrected chi connectivity index (χ4v) is 1.12. The fraction of sp³-hybridized carbons (Fsp3) is 0.818. The predicted octanol–water partition coefficient (Wildman–Crippen LogP) is -2.06. The van der Waals surface area contributed by atoms with Crippen LogP contribution in [0.25, 0.3) is 0 Å². The Labute approximate surface area is 252 Å². The maximum Gasteiger partial charge on any atom is 1.00 e. The van der Waals surface area contributed by atoms with E-state index in [1.54, 1.807) is 32.9 Å². The van der Waals surface area contributed by atoms with E-state index in [4.69, 9.17) is 39.0 Å². The van der Waals surface area contributed by atoms with E-state index in [2.05, 4.69) is 29.1 Å². The number of ether oxygens (including phenoxy) is 5. The van der Waals surface area contributed by atoms with E-state index >= 15 is 0 Å². The zero-order valence-electron chi connectivity index (χ0n) is 21.1. The molecule has 11 heteroatoms. The van der Waals surface area contributed by atoms with Gasteiger partial charge < -0.3 is 44.1 Å². The summed E-state index contributed by atoms with van der Waals surface area (Å²) in [5.74, 6) is 0. The molecule has 0 radical (unpaired) electrons. The van der Waals surface area contributed by atoms with Crippen LogP contribution in [0.3, 0.4) is 0 Å². The maximum atomic E-state index is 10.1. The molecular formula is C22H46BrKO9. The first-order valence-electron chi connectivity index (χ1n) is 10.4. The first-order chi connectivity index (χ1) is 15.2. The molecule has 0 saturated heterocycles. The van der Waals surface area contributed by atoms with Crippen LogP contribution in [0.5, 0.6) is 0 Å². The molecular weight excluding hydrogens is 527 g/mol. The number of aliphatic hydroxyl groups is 3. The van der Waals surface area contributed by atoms with Crippen LogP contribution in [-0.2, 0) is 23.7 Å². The van der Waals surface area contributed by atoms with Gasteiger partial charge in [0.25, 0.3) is 0 Å². The smallest absolute Gasteiger partial charge is 0.850 e. The second kappa shape index (κ2) is 43.3. The average Bonchev–Trinajstić information content (AvgIpc) is 2.74. The molecule has 0 bridgehead atoms. The Morgan fingerprint density at radius 1 is 0.667 bits per heavy atom. The molecule has 0 atom stereocenters. The van der Waals surface area contributed by atoms with E-state index in [-0.39, 0.29) is 71.2 Å². The van der Waals surface area contributed by atoms with Crippen molar-refractivity contribution in [3.8, 4) is 0 Å². The van der Waals surface area contributed by atoms with Gasteiger partial charge in [-0.15, -0.1) is 18.8 Å². The number of alkyl halides is 1. The van der Waals surface area contributed by atoms with E-state index < -0.39 is 5.60 Å². The molecule has 0 fully saturated rings. The van der Waals surface area contributed by atoms with Crippen molar-refractivity contribution in [3.05, 3.63) is 25.3 Å². The maximum absolute atomic E-state index is 10.1. The fourth-order valence-electron chi connectivity index (χ4n) is 1.12. The molecule has 0 rings (SSSR count). The van der Waals surface area contributed by atoms with Gasteiger partial charge >= 0.3 is 51.4 Å². The third-order valence-electron chi connectivity index (χ3n) is 2.17. The summed E-state index contributed by atoms with van der Waals surface area (Å²) in [4.78, 5) is 0. The molecule has 0 unspecified atom stereocenters. The number of halogens is 1. The van der Waals surface area contributed by atoms with Crippen molar-refractivity contribution in [1.82, 2.24) is 0 Å². The van der Waals surface area contributed by atoms with Crippen LogP contribution in [-0.4, -0.2) is 112 Å². The van der Waals surface area contributed by atoms with E-state index in [0.29, 0.717) is 66.1 Å². The van der Waals surface area contributed by atoms with Crippen molar-refractivity contribution in [2.75, 3.05) is 91.2 Å². The predicted molar refractivity (Wildman–Crippen MR) is 129 cm³/mol. The zero-order valence-corrected chi connectivity index (χ0v) is 25.8. The second-order valence-corrected chi connectivity index (χ2v) is 7.19. The molecule has 33 heavy (non-hydrogen) atoms. The summed E-state index contributed by atoms with van der Waals surface area (Å²) in [6.07, 6.45) is 3.49. The molecule has 0 aromatic rings. The van der Waals surface area contributed by atoms with E-state index in [1.165, 1.54) is 0 Å². The van der Waals surface area contributed by atoms with Gasteiger partial charge in [0.1, 0.15) is 0 Å². The summed E-state index contributed by atoms with van der Waals surface area (Å²) in [7, 11) is 0. The molecule has 0 aliphatic rings. The molecule has 0 saturated carbocycles. The van der Waals surface area contributed by atoms with Crippen molar-refractivity contribution >= 4 is 15.9 Å². The summed E-state index contributed by atoms with van der Waals surface area (Å²) in [5, 5.41) is 35.9. The molecule has 0 aliphatic heterocycles. The third-order valence-corrected chi connectivity index (χ3v) is 2.63. The SMILES string of the molecule is C=CCBr.C=CCOCCOCCOCCO.CC(C)(C)[O-].OCCOCCOCCO.[K+]. The molecule has 0 aromatic carbocycles. The van der Waals surface area contributed by atoms with Gasteiger partial charge in [0.2, 0.25) is 0 Å². The van der Waals surface area contributed by atoms with Gasteiger partial charge in [-0.2, -0.15) is 0 Å². The Kier molecular flexibility index (Phi) is 58.1. The van der Waals surface area contributed by atoms with Crippen molar-refractivity contribution in [2.24, 2.45) is 0 Å². The van der Waals surface area contributed by atoms with E-state index in [1.807, 2.05) is 0 Å². The van der Waals surface area contributed by atoms with Gasteiger partial charge in [-0.05, 0) is 0 Å². The minimum atomic E-state index is -0.750. The van der Waals surface area contributed by atoms with Crippen LogP contribution >= 0.6 is 15.9 Å². The summed E-state index contributed by atoms with van der Waals surface area (Å²) >= 11 is 3.13. The molecule has 0 heterocycles. The molecule has 9 nitrogen and oxygen atoms in total. The molecule has 0 amide bonds. The van der Waals surface area contributed by atoms with E-state index in [9.17, 15) is 5.11 Å². The topological polar surface area (TPSA) is 130 Å². The average molecular weight is 574 g/mol. The van der Waals surface area contributed by atoms with Crippen molar-refractivity contribution in [1.29, 1.82) is 0 Å². The molecule has 0 spiro atoms. The zero-order chi connectivity index (χ0) is 25.3. The largest absolute Gasteiger partial charge is 1.00 e. The van der Waals surface area contributed by atoms with Crippen molar-refractivity contribution < 1.29 is 95.5 Å². The van der Waals surface area contributed by atoms with Gasteiger partial charge in [0.05, 0.1) is 85.9 Å². The third kappa shape index (κ3) is 87.6. The number of hydrogen-bond donors (Lipinski definition) is 3. The first-order valence-corrected chi connectivity index (χ1v) is 11.6. The number of allylic oxidation sites excluding steroid dienone is 1. The van der Waals surface area contributed by atoms with Crippen LogP contribution < -0.4 is 56.5 Å². The van der Waals surface area contributed by atoms with Crippen molar-refractivity contribution in [2.45, 2.75) is 26.4 Å². The number of hydrogen-bond acceptors (Lipinski definition) is 9. The molecule has 196 valence electrons. The normalized spacial score (nSPS) is 9.70. The monoisotopic (exact) mass is 572 g/mol. The van der Waals surface area contributed by atoms with Crippen LogP contribution in [0.1, 0.15) is 20.8 Å². The molecule has 3 N–H and O–H groups in total. The summed E-state index contributed by atoms with van der Waals surface area (Å²) < 4.78 is 25.0. The Morgan fingerprint density at radius 2 is 0.909 bits per heavy atom. The van der Waals surface area contributed by atoms with Gasteiger partial charge in [-0.3, -0.25) is 0 Å². The van der Waals surface area contributed by atoms with Gasteiger partial charge in [0, 0.05) is 5.33 Å². The first kappa shape index (κ1) is 44.2. The Balaban J connectivity index is -0.000000116. The number of rotatable bonds is 18. The van der Waals surface area contributed by atoms with Crippen LogP contribution in [0.4, 0.5) is 0 Å². The standard InChI is InChI=1S/C9H18O4.C6H14O4.C4H9O.C3H5Br.K/c1-2-4-11-6-8-13-9-7-12-5-3-10;7-1-3-9-5-6-10-4-2-8;1-4(2,3)5;1-2-3-4;/h2,10H,1,3-9H2;7-8H,1-6H2;1-3H3;2H,1,3H2;/q;;-1;;+1. The Morgan fingerprint density at radius 3 is 1.12 bits per heavy atom. The Bertz CT molecular complexity index is 319. The Hall–Kier alpha value is 1.24. The van der Waals surface area contributed by atoms with Gasteiger partial charge in [-0.1, -0.05) is 48.9 Å². The van der Waals surface area contributed by atoms with Crippen LogP contribution in [0.15, 0.2) is 25.3 Å². The van der Waals surface area contributed by atoms with Crippen LogP contribution in [0.2, 0.25) is 0 Å². The quantitative estimate of drug-likeness (QED) is 0.0734. The minimum absolute atomic E-state index is 0. The van der Waals surface area contributed by atoms with Gasteiger partial charge in [0.15, 0.2) is 0 Å². The molecule has 0 aliphatic carbocycles. The summed E-state index contributed by atoms with van der Waals surface area (Å²) in [6, 6.07) is 0. The van der Waals surface area contributed by atoms with Crippen LogP contribution in [0, 0.1) is 0 Å². The van der Waals surface area contributed by atoms with Crippen molar-refractivity contribution in [3.63, 3.8) is 0 Å². The minimum Gasteiger partial charge on any atom is -0.850 e. The number of aliphatic hydroxyl groups excluding tert-OH is 3. The summed E-state index contributed by atoms with van der Waals surface area (Å²) in [6.45, 7) is 16.8.